The number of rotatable bonds is 3. The summed E-state index contributed by atoms with van der Waals surface area (Å²) in [7, 11) is 0. The Balaban J connectivity index is 1.31. The van der Waals surface area contributed by atoms with Gasteiger partial charge in [-0.2, -0.15) is 0 Å². The number of amides is 1. The Labute approximate surface area is 209 Å². The largest absolute Gasteiger partial charge is 0.507 e. The van der Waals surface area contributed by atoms with Crippen molar-refractivity contribution in [2.75, 3.05) is 26.2 Å². The predicted octanol–water partition coefficient (Wildman–Crippen LogP) is 2.26. The molecule has 35 heavy (non-hydrogen) atoms. The number of nitrogens with two attached hydrogens (primary N) is 2. The Morgan fingerprint density at radius 2 is 1.74 bits per heavy atom. The fraction of sp³-hybridized carbons (Fsp3) is 0.567. The molecule has 1 aliphatic carbocycles. The highest BCUT2D eigenvalue weighted by Gasteiger charge is 2.57. The molecule has 4 atom stereocenters. The molecule has 186 valence electrons. The van der Waals surface area contributed by atoms with Crippen molar-refractivity contribution in [3.63, 3.8) is 0 Å². The van der Waals surface area contributed by atoms with Gasteiger partial charge in [0.1, 0.15) is 23.6 Å². The molecule has 6 rings (SSSR count). The number of phenols is 1. The van der Waals surface area contributed by atoms with Crippen LogP contribution in [0.25, 0.3) is 0 Å². The monoisotopic (exact) mass is 475 g/mol. The minimum Gasteiger partial charge on any atom is -0.507 e. The van der Waals surface area contributed by atoms with Gasteiger partial charge in [0.15, 0.2) is 0 Å². The van der Waals surface area contributed by atoms with Crippen LogP contribution in [0.4, 0.5) is 0 Å². The first-order chi connectivity index (χ1) is 17.2. The summed E-state index contributed by atoms with van der Waals surface area (Å²) >= 11 is 0. The second-order valence-electron chi connectivity index (χ2n) is 11.6. The van der Waals surface area contributed by atoms with Crippen LogP contribution in [0, 0.1) is 11.8 Å². The van der Waals surface area contributed by atoms with Gasteiger partial charge < -0.3 is 20.6 Å². The number of fused-ring (bicyclic) bond motifs is 2. The number of likely N-dealkylation sites (tertiary alicyclic amines) is 1. The first-order valence-electron chi connectivity index (χ1n) is 14.0. The standard InChI is InChI=1S/C30H39N3O2/c34-28-13-7-12-25-24(28)17-31-19-30(25)20-32-18-26(30)29(35)33-15-14-23(21-8-3-1-4-9-21)16-27(33)22-10-5-2-6-11-22/h1,3-4,7-9,12-13,22-23,26-27,31-32,34H,2,5-6,10-11,14-20H2/p+2/t23-,26?,27+,30+/m1/s1. The summed E-state index contributed by atoms with van der Waals surface area (Å²) in [4.78, 5) is 16.8. The molecule has 0 radical (unpaired) electrons. The fourth-order valence-electron chi connectivity index (χ4n) is 8.04. The van der Waals surface area contributed by atoms with Crippen LogP contribution in [0.1, 0.15) is 67.6 Å². The topological polar surface area (TPSA) is 73.8 Å². The maximum atomic E-state index is 14.5. The summed E-state index contributed by atoms with van der Waals surface area (Å²) in [5, 5.41) is 15.3. The number of hydrogen-bond acceptors (Lipinski definition) is 2. The van der Waals surface area contributed by atoms with Crippen molar-refractivity contribution in [3.05, 3.63) is 65.2 Å². The molecule has 5 N–H and O–H groups in total. The normalized spacial score (nSPS) is 31.4. The van der Waals surface area contributed by atoms with E-state index >= 15 is 0 Å². The van der Waals surface area contributed by atoms with E-state index < -0.39 is 0 Å². The maximum absolute atomic E-state index is 14.5. The van der Waals surface area contributed by atoms with E-state index in [0.29, 0.717) is 29.5 Å². The van der Waals surface area contributed by atoms with Gasteiger partial charge in [0.2, 0.25) is 5.91 Å². The molecule has 1 saturated carbocycles. The molecule has 3 aliphatic heterocycles. The zero-order valence-electron chi connectivity index (χ0n) is 20.9. The second kappa shape index (κ2) is 9.59. The van der Waals surface area contributed by atoms with Crippen molar-refractivity contribution >= 4 is 5.91 Å². The van der Waals surface area contributed by atoms with Gasteiger partial charge in [0, 0.05) is 12.6 Å². The molecule has 5 heteroatoms. The number of benzene rings is 2. The minimum atomic E-state index is -0.184. The molecule has 2 saturated heterocycles. The Morgan fingerprint density at radius 3 is 2.57 bits per heavy atom. The molecule has 0 aromatic heterocycles. The summed E-state index contributed by atoms with van der Waals surface area (Å²) in [5.74, 6) is 1.94. The summed E-state index contributed by atoms with van der Waals surface area (Å²) in [5.41, 5.74) is 3.52. The van der Waals surface area contributed by atoms with Crippen LogP contribution in [0.5, 0.6) is 5.75 Å². The predicted molar refractivity (Wildman–Crippen MR) is 136 cm³/mol. The first kappa shape index (κ1) is 23.1. The molecular weight excluding hydrogens is 434 g/mol. The van der Waals surface area contributed by atoms with Gasteiger partial charge in [-0.1, -0.05) is 61.7 Å². The molecular formula is C30H41N3O2+2. The fourth-order valence-corrected chi connectivity index (χ4v) is 8.04. The van der Waals surface area contributed by atoms with Crippen LogP contribution in [0.15, 0.2) is 48.5 Å². The van der Waals surface area contributed by atoms with E-state index in [1.165, 1.54) is 43.2 Å². The van der Waals surface area contributed by atoms with Gasteiger partial charge in [-0.25, -0.2) is 0 Å². The number of piperidine rings is 1. The van der Waals surface area contributed by atoms with Gasteiger partial charge in [0.05, 0.1) is 25.2 Å². The zero-order valence-corrected chi connectivity index (χ0v) is 20.9. The first-order valence-corrected chi connectivity index (χ1v) is 14.0. The van der Waals surface area contributed by atoms with Gasteiger partial charge in [-0.05, 0) is 54.7 Å². The van der Waals surface area contributed by atoms with Crippen molar-refractivity contribution in [2.24, 2.45) is 11.8 Å². The summed E-state index contributed by atoms with van der Waals surface area (Å²) in [6.07, 6.45) is 8.66. The molecule has 5 nitrogen and oxygen atoms in total. The van der Waals surface area contributed by atoms with Crippen LogP contribution >= 0.6 is 0 Å². The molecule has 1 unspecified atom stereocenters. The molecule has 0 bridgehead atoms. The van der Waals surface area contributed by atoms with E-state index in [4.69, 9.17) is 0 Å². The third kappa shape index (κ3) is 4.07. The van der Waals surface area contributed by atoms with Gasteiger partial charge in [0.25, 0.3) is 0 Å². The molecule has 2 aromatic carbocycles. The van der Waals surface area contributed by atoms with Crippen LogP contribution in [-0.4, -0.2) is 48.1 Å². The number of carbonyl (C=O) groups excluding carboxylic acids is 1. The summed E-state index contributed by atoms with van der Waals surface area (Å²) < 4.78 is 0. The maximum Gasteiger partial charge on any atom is 0.233 e. The van der Waals surface area contributed by atoms with Crippen LogP contribution in [0.2, 0.25) is 0 Å². The quantitative estimate of drug-likeness (QED) is 0.637. The van der Waals surface area contributed by atoms with Crippen LogP contribution in [0.3, 0.4) is 0 Å². The number of aromatic hydroxyl groups is 1. The average Bonchev–Trinajstić information content (AvgIpc) is 3.33. The van der Waals surface area contributed by atoms with E-state index in [0.717, 1.165) is 51.1 Å². The highest BCUT2D eigenvalue weighted by molar-refractivity contribution is 5.82. The molecule has 1 spiro atoms. The lowest BCUT2D eigenvalue weighted by Crippen LogP contribution is -2.91. The number of carbonyl (C=O) groups is 1. The average molecular weight is 476 g/mol. The number of nitrogens with zero attached hydrogens (tertiary/aromatic N) is 1. The van der Waals surface area contributed by atoms with E-state index in [1.54, 1.807) is 6.07 Å². The van der Waals surface area contributed by atoms with E-state index in [1.807, 2.05) is 6.07 Å². The Bertz CT molecular complexity index is 1050. The molecule has 4 aliphatic rings. The number of quaternary nitrogens is 2. The number of hydrogen-bond donors (Lipinski definition) is 3. The minimum absolute atomic E-state index is 0.0148. The Hall–Kier alpha value is -2.37. The van der Waals surface area contributed by atoms with Gasteiger partial charge in [-0.3, -0.25) is 4.79 Å². The molecule has 2 aromatic rings. The lowest BCUT2D eigenvalue weighted by molar-refractivity contribution is -0.691. The Kier molecular flexibility index (Phi) is 6.32. The van der Waals surface area contributed by atoms with E-state index in [-0.39, 0.29) is 11.3 Å². The van der Waals surface area contributed by atoms with Crippen LogP contribution in [-0.2, 0) is 16.8 Å². The SMILES string of the molecule is O=C(C1C[NH2+]C[C@]12C[NH2+]Cc1c(O)cccc12)N1CC[C@@H](c2ccccc2)C[C@H]1C1CCCCC1. The van der Waals surface area contributed by atoms with E-state index in [9.17, 15) is 9.90 Å². The van der Waals surface area contributed by atoms with Crippen molar-refractivity contribution in [1.82, 2.24) is 4.90 Å². The third-order valence-electron chi connectivity index (χ3n) is 9.81. The van der Waals surface area contributed by atoms with Crippen molar-refractivity contribution in [2.45, 2.75) is 68.9 Å². The molecule has 3 fully saturated rings. The smallest absolute Gasteiger partial charge is 0.233 e. The summed E-state index contributed by atoms with van der Waals surface area (Å²) in [6.45, 7) is 4.41. The third-order valence-corrected chi connectivity index (χ3v) is 9.81. The van der Waals surface area contributed by atoms with Crippen molar-refractivity contribution < 1.29 is 20.5 Å². The highest BCUT2D eigenvalue weighted by atomic mass is 16.3. The highest BCUT2D eigenvalue weighted by Crippen LogP contribution is 2.43. The van der Waals surface area contributed by atoms with Crippen molar-refractivity contribution in [1.29, 1.82) is 0 Å². The zero-order chi connectivity index (χ0) is 23.8. The molecule has 3 heterocycles. The molecule has 1 amide bonds. The van der Waals surface area contributed by atoms with Gasteiger partial charge in [-0.15, -0.1) is 0 Å². The summed E-state index contributed by atoms with van der Waals surface area (Å²) in [6, 6.07) is 17.3. The van der Waals surface area contributed by atoms with Crippen LogP contribution < -0.4 is 10.6 Å². The van der Waals surface area contributed by atoms with Crippen molar-refractivity contribution in [3.8, 4) is 5.75 Å². The lowest BCUT2D eigenvalue weighted by Gasteiger charge is -2.47. The lowest BCUT2D eigenvalue weighted by atomic mass is 9.67. The Morgan fingerprint density at radius 1 is 0.943 bits per heavy atom. The second-order valence-corrected chi connectivity index (χ2v) is 11.6. The number of phenolic OH excluding ortho intramolecular Hbond substituents is 1. The van der Waals surface area contributed by atoms with Gasteiger partial charge >= 0.3 is 0 Å². The van der Waals surface area contributed by atoms with E-state index in [2.05, 4.69) is 51.9 Å².